The minimum absolute atomic E-state index is 0.617. The summed E-state index contributed by atoms with van der Waals surface area (Å²) in [4.78, 5) is 2.36. The van der Waals surface area contributed by atoms with E-state index in [1.807, 2.05) is 12.1 Å². The van der Waals surface area contributed by atoms with Gasteiger partial charge in [0.1, 0.15) is 5.75 Å². The SMILES string of the molecule is CCCOc1cc(N)cc(N2CCC(COC)C2)c1. The lowest BCUT2D eigenvalue weighted by atomic mass is 10.1. The summed E-state index contributed by atoms with van der Waals surface area (Å²) in [5.41, 5.74) is 7.88. The van der Waals surface area contributed by atoms with Gasteiger partial charge in [-0.05, 0) is 18.9 Å². The fourth-order valence-corrected chi connectivity index (χ4v) is 2.53. The molecule has 19 heavy (non-hydrogen) atoms. The molecular weight excluding hydrogens is 240 g/mol. The van der Waals surface area contributed by atoms with E-state index in [1.165, 1.54) is 6.42 Å². The first-order chi connectivity index (χ1) is 9.22. The molecule has 1 fully saturated rings. The summed E-state index contributed by atoms with van der Waals surface area (Å²) in [7, 11) is 1.76. The van der Waals surface area contributed by atoms with E-state index in [2.05, 4.69) is 17.9 Å². The van der Waals surface area contributed by atoms with E-state index >= 15 is 0 Å². The van der Waals surface area contributed by atoms with Crippen LogP contribution in [0.15, 0.2) is 18.2 Å². The van der Waals surface area contributed by atoms with Crippen LogP contribution in [0, 0.1) is 5.92 Å². The maximum Gasteiger partial charge on any atom is 0.123 e. The van der Waals surface area contributed by atoms with Crippen LogP contribution >= 0.6 is 0 Å². The molecular formula is C15H24N2O2. The Bertz CT molecular complexity index is 409. The second-order valence-electron chi connectivity index (χ2n) is 5.16. The molecule has 0 bridgehead atoms. The lowest BCUT2D eigenvalue weighted by Crippen LogP contribution is -2.21. The van der Waals surface area contributed by atoms with Crippen molar-refractivity contribution in [2.45, 2.75) is 19.8 Å². The fraction of sp³-hybridized carbons (Fsp3) is 0.600. The Morgan fingerprint density at radius 1 is 1.37 bits per heavy atom. The van der Waals surface area contributed by atoms with Gasteiger partial charge in [0.2, 0.25) is 0 Å². The number of rotatable bonds is 6. The molecule has 0 saturated carbocycles. The summed E-state index contributed by atoms with van der Waals surface area (Å²) < 4.78 is 10.9. The molecule has 1 aromatic rings. The van der Waals surface area contributed by atoms with Crippen LogP contribution in [0.3, 0.4) is 0 Å². The van der Waals surface area contributed by atoms with Crippen LogP contribution in [-0.2, 0) is 4.74 Å². The number of nitrogen functional groups attached to an aromatic ring is 1. The highest BCUT2D eigenvalue weighted by atomic mass is 16.5. The molecule has 0 aromatic heterocycles. The molecule has 1 saturated heterocycles. The largest absolute Gasteiger partial charge is 0.493 e. The van der Waals surface area contributed by atoms with E-state index in [-0.39, 0.29) is 0 Å². The van der Waals surface area contributed by atoms with Gasteiger partial charge in [0.25, 0.3) is 0 Å². The van der Waals surface area contributed by atoms with Crippen molar-refractivity contribution in [3.63, 3.8) is 0 Å². The highest BCUT2D eigenvalue weighted by Gasteiger charge is 2.23. The van der Waals surface area contributed by atoms with Crippen LogP contribution in [-0.4, -0.2) is 33.4 Å². The van der Waals surface area contributed by atoms with Crippen LogP contribution in [0.2, 0.25) is 0 Å². The van der Waals surface area contributed by atoms with E-state index in [4.69, 9.17) is 15.2 Å². The number of benzene rings is 1. The van der Waals surface area contributed by atoms with Crippen LogP contribution in [0.5, 0.6) is 5.75 Å². The van der Waals surface area contributed by atoms with Gasteiger partial charge in [0.05, 0.1) is 13.2 Å². The monoisotopic (exact) mass is 264 g/mol. The quantitative estimate of drug-likeness (QED) is 0.802. The number of nitrogens with zero attached hydrogens (tertiary/aromatic N) is 1. The summed E-state index contributed by atoms with van der Waals surface area (Å²) >= 11 is 0. The van der Waals surface area contributed by atoms with Crippen molar-refractivity contribution in [1.29, 1.82) is 0 Å². The molecule has 1 aliphatic rings. The smallest absolute Gasteiger partial charge is 0.123 e. The first-order valence-electron chi connectivity index (χ1n) is 7.00. The molecule has 1 atom stereocenters. The molecule has 0 amide bonds. The van der Waals surface area contributed by atoms with Crippen molar-refractivity contribution in [3.05, 3.63) is 18.2 Å². The van der Waals surface area contributed by atoms with Crippen molar-refractivity contribution in [3.8, 4) is 5.75 Å². The Morgan fingerprint density at radius 2 is 2.21 bits per heavy atom. The molecule has 4 nitrogen and oxygen atoms in total. The molecule has 2 rings (SSSR count). The Hall–Kier alpha value is -1.42. The van der Waals surface area contributed by atoms with E-state index in [0.717, 1.165) is 49.8 Å². The van der Waals surface area contributed by atoms with Crippen molar-refractivity contribution >= 4 is 11.4 Å². The number of hydrogen-bond acceptors (Lipinski definition) is 4. The van der Waals surface area contributed by atoms with Gasteiger partial charge in [-0.25, -0.2) is 0 Å². The summed E-state index contributed by atoms with van der Waals surface area (Å²) in [5.74, 6) is 1.48. The number of hydrogen-bond donors (Lipinski definition) is 1. The maximum atomic E-state index is 5.96. The average molecular weight is 264 g/mol. The van der Waals surface area contributed by atoms with Crippen molar-refractivity contribution in [1.82, 2.24) is 0 Å². The zero-order valence-electron chi connectivity index (χ0n) is 11.9. The van der Waals surface area contributed by atoms with Crippen LogP contribution in [0.25, 0.3) is 0 Å². The highest BCUT2D eigenvalue weighted by molar-refractivity contribution is 5.61. The Labute approximate surface area is 115 Å². The first-order valence-corrected chi connectivity index (χ1v) is 7.00. The topological polar surface area (TPSA) is 47.7 Å². The van der Waals surface area contributed by atoms with E-state index < -0.39 is 0 Å². The highest BCUT2D eigenvalue weighted by Crippen LogP contribution is 2.29. The van der Waals surface area contributed by atoms with Crippen molar-refractivity contribution < 1.29 is 9.47 Å². The van der Waals surface area contributed by atoms with Gasteiger partial charge >= 0.3 is 0 Å². The lowest BCUT2D eigenvalue weighted by molar-refractivity contribution is 0.161. The predicted molar refractivity (Wildman–Crippen MR) is 78.8 cm³/mol. The van der Waals surface area contributed by atoms with Gasteiger partial charge in [-0.3, -0.25) is 0 Å². The Morgan fingerprint density at radius 3 is 2.95 bits per heavy atom. The fourth-order valence-electron chi connectivity index (χ4n) is 2.53. The van der Waals surface area contributed by atoms with Gasteiger partial charge in [-0.1, -0.05) is 6.92 Å². The zero-order chi connectivity index (χ0) is 13.7. The summed E-state index contributed by atoms with van der Waals surface area (Å²) in [6, 6.07) is 6.00. The first kappa shape index (κ1) is 14.0. The Balaban J connectivity index is 2.05. The summed E-state index contributed by atoms with van der Waals surface area (Å²) in [5, 5.41) is 0. The Kier molecular flexibility index (Phi) is 4.91. The zero-order valence-corrected chi connectivity index (χ0v) is 11.9. The molecule has 0 aliphatic carbocycles. The number of anilines is 2. The third-order valence-corrected chi connectivity index (χ3v) is 3.44. The minimum atomic E-state index is 0.617. The van der Waals surface area contributed by atoms with Gasteiger partial charge in [-0.2, -0.15) is 0 Å². The molecule has 1 heterocycles. The summed E-state index contributed by atoms with van der Waals surface area (Å²) in [6.45, 7) is 5.76. The number of ether oxygens (including phenoxy) is 2. The molecule has 1 aliphatic heterocycles. The number of methoxy groups -OCH3 is 1. The van der Waals surface area contributed by atoms with Gasteiger partial charge in [0.15, 0.2) is 0 Å². The predicted octanol–water partition coefficient (Wildman–Crippen LogP) is 2.53. The van der Waals surface area contributed by atoms with E-state index in [0.29, 0.717) is 5.92 Å². The van der Waals surface area contributed by atoms with Crippen LogP contribution in [0.1, 0.15) is 19.8 Å². The lowest BCUT2D eigenvalue weighted by Gasteiger charge is -2.20. The van der Waals surface area contributed by atoms with Crippen LogP contribution < -0.4 is 15.4 Å². The van der Waals surface area contributed by atoms with Crippen LogP contribution in [0.4, 0.5) is 11.4 Å². The van der Waals surface area contributed by atoms with Crippen molar-refractivity contribution in [2.75, 3.05) is 44.0 Å². The van der Waals surface area contributed by atoms with E-state index in [1.54, 1.807) is 7.11 Å². The standard InChI is InChI=1S/C15H24N2O2/c1-3-6-19-15-8-13(16)7-14(9-15)17-5-4-12(10-17)11-18-2/h7-9,12H,3-6,10-11,16H2,1-2H3. The normalized spacial score (nSPS) is 18.8. The molecule has 0 radical (unpaired) electrons. The van der Waals surface area contributed by atoms with Crippen molar-refractivity contribution in [2.24, 2.45) is 5.92 Å². The van der Waals surface area contributed by atoms with Gasteiger partial charge < -0.3 is 20.1 Å². The second-order valence-corrected chi connectivity index (χ2v) is 5.16. The molecule has 0 spiro atoms. The molecule has 4 heteroatoms. The average Bonchev–Trinajstić information content (AvgIpc) is 2.85. The number of nitrogens with two attached hydrogens (primary N) is 1. The maximum absolute atomic E-state index is 5.96. The summed E-state index contributed by atoms with van der Waals surface area (Å²) in [6.07, 6.45) is 2.18. The molecule has 106 valence electrons. The van der Waals surface area contributed by atoms with Gasteiger partial charge in [0, 0.05) is 49.6 Å². The van der Waals surface area contributed by atoms with E-state index in [9.17, 15) is 0 Å². The second kappa shape index (κ2) is 6.66. The van der Waals surface area contributed by atoms with Gasteiger partial charge in [-0.15, -0.1) is 0 Å². The molecule has 2 N–H and O–H groups in total. The third-order valence-electron chi connectivity index (χ3n) is 3.44. The molecule has 1 aromatic carbocycles. The molecule has 1 unspecified atom stereocenters. The minimum Gasteiger partial charge on any atom is -0.493 e. The third kappa shape index (κ3) is 3.77.